The molecule has 1 heterocycles. The Hall–Kier alpha value is -1.31. The lowest BCUT2D eigenvalue weighted by Gasteiger charge is -2.34. The van der Waals surface area contributed by atoms with Crippen molar-refractivity contribution in [2.75, 3.05) is 13.1 Å². The van der Waals surface area contributed by atoms with Gasteiger partial charge in [0.1, 0.15) is 0 Å². The van der Waals surface area contributed by atoms with Gasteiger partial charge in [0, 0.05) is 19.0 Å². The van der Waals surface area contributed by atoms with Crippen molar-refractivity contribution < 1.29 is 4.79 Å². The van der Waals surface area contributed by atoms with Gasteiger partial charge in [-0.3, -0.25) is 4.79 Å². The van der Waals surface area contributed by atoms with Crippen LogP contribution in [0.5, 0.6) is 0 Å². The molecule has 0 spiro atoms. The number of likely N-dealkylation sites (tertiary alicyclic amines) is 1. The summed E-state index contributed by atoms with van der Waals surface area (Å²) >= 11 is 0. The van der Waals surface area contributed by atoms with E-state index in [1.165, 1.54) is 16.7 Å². The lowest BCUT2D eigenvalue weighted by Crippen LogP contribution is -2.40. The van der Waals surface area contributed by atoms with Crippen molar-refractivity contribution >= 4 is 5.91 Å². The van der Waals surface area contributed by atoms with Crippen LogP contribution >= 0.6 is 0 Å². The summed E-state index contributed by atoms with van der Waals surface area (Å²) in [5, 5.41) is 0. The predicted molar refractivity (Wildman–Crippen MR) is 93.2 cm³/mol. The summed E-state index contributed by atoms with van der Waals surface area (Å²) in [6, 6.07) is 6.88. The Morgan fingerprint density at radius 2 is 1.95 bits per heavy atom. The van der Waals surface area contributed by atoms with Gasteiger partial charge in [-0.15, -0.1) is 0 Å². The molecule has 1 atom stereocenters. The van der Waals surface area contributed by atoms with Crippen LogP contribution in [0.25, 0.3) is 0 Å². The molecule has 0 saturated carbocycles. The van der Waals surface area contributed by atoms with Gasteiger partial charge in [0.15, 0.2) is 0 Å². The molecule has 0 bridgehead atoms. The highest BCUT2D eigenvalue weighted by atomic mass is 16.2. The highest BCUT2D eigenvalue weighted by Crippen LogP contribution is 2.31. The van der Waals surface area contributed by atoms with Gasteiger partial charge in [-0.1, -0.05) is 51.0 Å². The molecule has 1 aliphatic rings. The molecule has 0 radical (unpaired) electrons. The third-order valence-electron chi connectivity index (χ3n) is 5.07. The summed E-state index contributed by atoms with van der Waals surface area (Å²) in [5.41, 5.74) is 4.35. The van der Waals surface area contributed by atoms with Crippen molar-refractivity contribution in [2.45, 2.75) is 65.7 Å². The number of nitrogens with zero attached hydrogens (tertiary/aromatic N) is 1. The first-order valence-corrected chi connectivity index (χ1v) is 8.95. The average molecular weight is 301 g/mol. The molecule has 1 aliphatic heterocycles. The van der Waals surface area contributed by atoms with Crippen molar-refractivity contribution in [1.82, 2.24) is 4.90 Å². The zero-order valence-electron chi connectivity index (χ0n) is 14.7. The Labute approximate surface area is 135 Å². The third kappa shape index (κ3) is 3.91. The van der Waals surface area contributed by atoms with Gasteiger partial charge in [-0.25, -0.2) is 0 Å². The minimum Gasteiger partial charge on any atom is -0.342 e. The smallest absolute Gasteiger partial charge is 0.225 e. The highest BCUT2D eigenvalue weighted by Gasteiger charge is 2.27. The van der Waals surface area contributed by atoms with E-state index in [4.69, 9.17) is 0 Å². The minimum absolute atomic E-state index is 0.187. The quantitative estimate of drug-likeness (QED) is 0.772. The molecule has 2 heteroatoms. The van der Waals surface area contributed by atoms with E-state index < -0.39 is 0 Å². The molecule has 0 aromatic heterocycles. The third-order valence-corrected chi connectivity index (χ3v) is 5.07. The van der Waals surface area contributed by atoms with Gasteiger partial charge in [-0.2, -0.15) is 0 Å². The molecule has 1 amide bonds. The Kier molecular flexibility index (Phi) is 6.05. The van der Waals surface area contributed by atoms with Crippen LogP contribution in [0.3, 0.4) is 0 Å². The molecule has 2 rings (SSSR count). The van der Waals surface area contributed by atoms with E-state index in [-0.39, 0.29) is 5.92 Å². The van der Waals surface area contributed by atoms with Crippen LogP contribution in [0.15, 0.2) is 18.2 Å². The van der Waals surface area contributed by atoms with Crippen LogP contribution in [0.1, 0.15) is 69.1 Å². The zero-order chi connectivity index (χ0) is 16.1. The second kappa shape index (κ2) is 7.80. The number of rotatable bonds is 5. The number of piperidine rings is 1. The van der Waals surface area contributed by atoms with E-state index in [2.05, 4.69) is 50.8 Å². The molecule has 0 N–H and O–H groups in total. The normalized spacial score (nSPS) is 17.5. The number of carbonyl (C=O) groups excluding carboxylic acids is 1. The van der Waals surface area contributed by atoms with Gasteiger partial charge in [0.05, 0.1) is 0 Å². The van der Waals surface area contributed by atoms with Crippen LogP contribution in [0.4, 0.5) is 0 Å². The van der Waals surface area contributed by atoms with E-state index in [9.17, 15) is 4.79 Å². The molecular formula is C20H31NO. The average Bonchev–Trinajstić information content (AvgIpc) is 2.54. The van der Waals surface area contributed by atoms with E-state index in [1.807, 2.05) is 0 Å². The van der Waals surface area contributed by atoms with Crippen LogP contribution in [-0.4, -0.2) is 23.9 Å². The Morgan fingerprint density at radius 3 is 2.55 bits per heavy atom. The van der Waals surface area contributed by atoms with Crippen molar-refractivity contribution in [3.05, 3.63) is 34.9 Å². The standard InChI is InChI=1S/C20H31NO/c1-5-7-16(4)20(22)21-12-10-18(11-13-21)19-9-8-15(3)14-17(19)6-2/h8-9,14,16,18H,5-7,10-13H2,1-4H3. The molecule has 1 aromatic rings. The van der Waals surface area contributed by atoms with E-state index >= 15 is 0 Å². The summed E-state index contributed by atoms with van der Waals surface area (Å²) < 4.78 is 0. The summed E-state index contributed by atoms with van der Waals surface area (Å²) in [5.74, 6) is 1.17. The Bertz CT molecular complexity index is 500. The number of carbonyl (C=O) groups is 1. The first kappa shape index (κ1) is 17.1. The van der Waals surface area contributed by atoms with E-state index in [1.54, 1.807) is 0 Å². The number of benzene rings is 1. The molecule has 1 fully saturated rings. The second-order valence-electron chi connectivity index (χ2n) is 6.85. The summed E-state index contributed by atoms with van der Waals surface area (Å²) in [6.07, 6.45) is 5.42. The van der Waals surface area contributed by atoms with Gasteiger partial charge in [-0.05, 0) is 49.7 Å². The largest absolute Gasteiger partial charge is 0.342 e. The van der Waals surface area contributed by atoms with Crippen LogP contribution in [0, 0.1) is 12.8 Å². The van der Waals surface area contributed by atoms with Crippen LogP contribution < -0.4 is 0 Å². The number of hydrogen-bond acceptors (Lipinski definition) is 1. The predicted octanol–water partition coefficient (Wildman–Crippen LogP) is 4.70. The zero-order valence-corrected chi connectivity index (χ0v) is 14.7. The molecule has 2 nitrogen and oxygen atoms in total. The van der Waals surface area contributed by atoms with Crippen molar-refractivity contribution in [3.63, 3.8) is 0 Å². The van der Waals surface area contributed by atoms with Crippen LogP contribution in [0.2, 0.25) is 0 Å². The maximum absolute atomic E-state index is 12.4. The van der Waals surface area contributed by atoms with Crippen molar-refractivity contribution in [1.29, 1.82) is 0 Å². The topological polar surface area (TPSA) is 20.3 Å². The lowest BCUT2D eigenvalue weighted by atomic mass is 9.85. The first-order valence-electron chi connectivity index (χ1n) is 8.95. The van der Waals surface area contributed by atoms with Gasteiger partial charge in [0.25, 0.3) is 0 Å². The molecule has 22 heavy (non-hydrogen) atoms. The fraction of sp³-hybridized carbons (Fsp3) is 0.650. The maximum atomic E-state index is 12.4. The molecule has 1 unspecified atom stereocenters. The number of amides is 1. The molecule has 1 saturated heterocycles. The SMILES string of the molecule is CCCC(C)C(=O)N1CCC(c2ccc(C)cc2CC)CC1. The number of aryl methyl sites for hydroxylation is 2. The number of hydrogen-bond donors (Lipinski definition) is 0. The van der Waals surface area contributed by atoms with Gasteiger partial charge >= 0.3 is 0 Å². The van der Waals surface area contributed by atoms with Gasteiger partial charge < -0.3 is 4.90 Å². The molecule has 1 aromatic carbocycles. The minimum atomic E-state index is 0.187. The summed E-state index contributed by atoms with van der Waals surface area (Å²) in [6.45, 7) is 10.5. The van der Waals surface area contributed by atoms with Gasteiger partial charge in [0.2, 0.25) is 5.91 Å². The fourth-order valence-electron chi connectivity index (χ4n) is 3.72. The molecule has 122 valence electrons. The Morgan fingerprint density at radius 1 is 1.27 bits per heavy atom. The van der Waals surface area contributed by atoms with Crippen molar-refractivity contribution in [2.24, 2.45) is 5.92 Å². The van der Waals surface area contributed by atoms with E-state index in [0.717, 1.165) is 45.2 Å². The highest BCUT2D eigenvalue weighted by molar-refractivity contribution is 5.78. The molecule has 0 aliphatic carbocycles. The summed E-state index contributed by atoms with van der Waals surface area (Å²) in [4.78, 5) is 14.5. The second-order valence-corrected chi connectivity index (χ2v) is 6.85. The molecular weight excluding hydrogens is 270 g/mol. The fourth-order valence-corrected chi connectivity index (χ4v) is 3.72. The first-order chi connectivity index (χ1) is 10.6. The van der Waals surface area contributed by atoms with Crippen molar-refractivity contribution in [3.8, 4) is 0 Å². The lowest BCUT2D eigenvalue weighted by molar-refractivity contribution is -0.136. The maximum Gasteiger partial charge on any atom is 0.225 e. The summed E-state index contributed by atoms with van der Waals surface area (Å²) in [7, 11) is 0. The van der Waals surface area contributed by atoms with E-state index in [0.29, 0.717) is 11.8 Å². The monoisotopic (exact) mass is 301 g/mol. The van der Waals surface area contributed by atoms with Crippen LogP contribution in [-0.2, 0) is 11.2 Å². The Balaban J connectivity index is 1.99.